The van der Waals surface area contributed by atoms with E-state index in [9.17, 15) is 24.3 Å². The first-order valence-corrected chi connectivity index (χ1v) is 16.0. The van der Waals surface area contributed by atoms with Crippen molar-refractivity contribution < 1.29 is 38.9 Å². The summed E-state index contributed by atoms with van der Waals surface area (Å²) in [5.41, 5.74) is 1.94. The van der Waals surface area contributed by atoms with Crippen LogP contribution < -0.4 is 0 Å². The van der Waals surface area contributed by atoms with Gasteiger partial charge in [0.25, 0.3) is 0 Å². The van der Waals surface area contributed by atoms with E-state index in [2.05, 4.69) is 41.5 Å². The van der Waals surface area contributed by atoms with E-state index in [1.165, 1.54) is 0 Å². The molecule has 3 fully saturated rings. The Labute approximate surface area is 250 Å². The van der Waals surface area contributed by atoms with Gasteiger partial charge in [-0.15, -0.1) is 0 Å². The summed E-state index contributed by atoms with van der Waals surface area (Å²) < 4.78 is 11.3. The lowest BCUT2D eigenvalue weighted by Crippen LogP contribution is -2.56. The van der Waals surface area contributed by atoms with Gasteiger partial charge in [-0.3, -0.25) is 19.2 Å². The molecule has 4 aliphatic carbocycles. The molecule has 0 aromatic carbocycles. The number of carboxylic acid groups (broad SMARTS) is 2. The number of Topliss-reactive ketones (excluding diaryl/α,β-unsaturated/α-hetero) is 1. The zero-order chi connectivity index (χ0) is 31.0. The Morgan fingerprint density at radius 1 is 0.929 bits per heavy atom. The summed E-state index contributed by atoms with van der Waals surface area (Å²) in [6, 6.07) is 0. The maximum atomic E-state index is 13.4. The van der Waals surface area contributed by atoms with Crippen molar-refractivity contribution in [2.24, 2.45) is 45.3 Å². The largest absolute Gasteiger partial charge is 0.481 e. The third-order valence-corrected chi connectivity index (χ3v) is 13.5. The molecular weight excluding hydrogens is 536 g/mol. The number of hydrogen-bond acceptors (Lipinski definition) is 6. The van der Waals surface area contributed by atoms with Crippen LogP contribution in [0.4, 0.5) is 0 Å². The van der Waals surface area contributed by atoms with Gasteiger partial charge in [-0.05, 0) is 92.3 Å². The van der Waals surface area contributed by atoms with E-state index in [4.69, 9.17) is 14.6 Å². The van der Waals surface area contributed by atoms with Crippen molar-refractivity contribution in [3.63, 3.8) is 0 Å². The van der Waals surface area contributed by atoms with Crippen LogP contribution in [0.15, 0.2) is 11.1 Å². The van der Waals surface area contributed by atoms with Crippen molar-refractivity contribution in [1.29, 1.82) is 0 Å². The fourth-order valence-electron chi connectivity index (χ4n) is 10.7. The van der Waals surface area contributed by atoms with E-state index in [0.717, 1.165) is 51.4 Å². The van der Waals surface area contributed by atoms with Gasteiger partial charge in [-0.25, -0.2) is 0 Å². The van der Waals surface area contributed by atoms with Gasteiger partial charge in [-0.1, -0.05) is 52.7 Å². The number of rotatable bonds is 9. The molecule has 8 nitrogen and oxygen atoms in total. The topological polar surface area (TPSA) is 130 Å². The molecule has 5 rings (SSSR count). The first-order valence-electron chi connectivity index (χ1n) is 16.0. The number of ether oxygens (including phenoxy) is 2. The number of carboxylic acids is 2. The normalized spacial score (nSPS) is 41.5. The molecule has 2 saturated carbocycles. The molecule has 2 N–H and O–H groups in total. The average molecular weight is 587 g/mol. The van der Waals surface area contributed by atoms with Gasteiger partial charge < -0.3 is 19.7 Å². The highest BCUT2D eigenvalue weighted by molar-refractivity contribution is 5.94. The van der Waals surface area contributed by atoms with E-state index in [1.54, 1.807) is 18.1 Å². The fourth-order valence-corrected chi connectivity index (χ4v) is 10.7. The second-order valence-corrected chi connectivity index (χ2v) is 15.6. The Bertz CT molecular complexity index is 1210. The number of hydrogen-bond donors (Lipinski definition) is 2. The predicted molar refractivity (Wildman–Crippen MR) is 155 cm³/mol. The van der Waals surface area contributed by atoms with E-state index < -0.39 is 35.8 Å². The van der Waals surface area contributed by atoms with E-state index >= 15 is 0 Å². The maximum absolute atomic E-state index is 13.4. The van der Waals surface area contributed by atoms with Crippen LogP contribution in [0.25, 0.3) is 0 Å². The number of epoxide rings is 1. The van der Waals surface area contributed by atoms with Gasteiger partial charge >= 0.3 is 17.9 Å². The molecule has 1 heterocycles. The summed E-state index contributed by atoms with van der Waals surface area (Å²) in [6.45, 7) is 15.7. The molecule has 0 aromatic rings. The Kier molecular flexibility index (Phi) is 7.56. The predicted octanol–water partition coefficient (Wildman–Crippen LogP) is 6.21. The van der Waals surface area contributed by atoms with Gasteiger partial charge in [-0.2, -0.15) is 0 Å². The van der Waals surface area contributed by atoms with E-state index in [1.807, 2.05) is 0 Å². The Morgan fingerprint density at radius 3 is 2.19 bits per heavy atom. The molecule has 9 atom stereocenters. The summed E-state index contributed by atoms with van der Waals surface area (Å²) in [7, 11) is 0. The van der Waals surface area contributed by atoms with Crippen molar-refractivity contribution in [3.8, 4) is 0 Å². The number of fused-ring (bicyclic) bond motifs is 4. The van der Waals surface area contributed by atoms with Crippen LogP contribution in [0.3, 0.4) is 0 Å². The first-order chi connectivity index (χ1) is 19.4. The van der Waals surface area contributed by atoms with Crippen LogP contribution in [-0.4, -0.2) is 52.2 Å². The first kappa shape index (κ1) is 31.2. The van der Waals surface area contributed by atoms with Crippen LogP contribution in [-0.2, 0) is 28.7 Å². The van der Waals surface area contributed by atoms with Crippen LogP contribution >= 0.6 is 0 Å². The lowest BCUT2D eigenvalue weighted by Gasteiger charge is -2.62. The maximum Gasteiger partial charge on any atom is 0.317 e. The number of allylic oxidation sites excluding steroid dienone is 2. The van der Waals surface area contributed by atoms with Crippen molar-refractivity contribution in [2.45, 2.75) is 124 Å². The fraction of sp³-hybridized carbons (Fsp3) is 0.824. The lowest BCUT2D eigenvalue weighted by atomic mass is 9.43. The van der Waals surface area contributed by atoms with Crippen molar-refractivity contribution in [1.82, 2.24) is 0 Å². The van der Waals surface area contributed by atoms with Gasteiger partial charge in [0.05, 0.1) is 12.5 Å². The molecule has 1 saturated heterocycles. The number of aliphatic carboxylic acids is 2. The molecule has 0 bridgehead atoms. The number of esters is 1. The number of carbonyl (C=O) groups is 4. The van der Waals surface area contributed by atoms with Gasteiger partial charge in [0.1, 0.15) is 12.5 Å². The third-order valence-electron chi connectivity index (χ3n) is 13.5. The highest BCUT2D eigenvalue weighted by Crippen LogP contribution is 2.72. The summed E-state index contributed by atoms with van der Waals surface area (Å²) in [6.07, 6.45) is 7.44. The second kappa shape index (κ2) is 10.2. The minimum atomic E-state index is -1.16. The zero-order valence-corrected chi connectivity index (χ0v) is 26.5. The van der Waals surface area contributed by atoms with Crippen molar-refractivity contribution in [2.75, 3.05) is 6.61 Å². The minimum Gasteiger partial charge on any atom is -0.481 e. The molecule has 42 heavy (non-hydrogen) atoms. The summed E-state index contributed by atoms with van der Waals surface area (Å²) in [4.78, 5) is 48.3. The average Bonchev–Trinajstić information content (AvgIpc) is 3.64. The molecule has 0 amide bonds. The number of ketones is 1. The quantitative estimate of drug-likeness (QED) is 0.141. The Hall–Kier alpha value is -2.22. The van der Waals surface area contributed by atoms with E-state index in [-0.39, 0.29) is 46.1 Å². The molecule has 1 unspecified atom stereocenters. The van der Waals surface area contributed by atoms with Gasteiger partial charge in [0.2, 0.25) is 0 Å². The van der Waals surface area contributed by atoms with Crippen LogP contribution in [0, 0.1) is 45.3 Å². The van der Waals surface area contributed by atoms with E-state index in [0.29, 0.717) is 18.3 Å². The smallest absolute Gasteiger partial charge is 0.317 e. The van der Waals surface area contributed by atoms with Gasteiger partial charge in [0.15, 0.2) is 11.4 Å². The summed E-state index contributed by atoms with van der Waals surface area (Å²) in [5, 5.41) is 18.6. The highest BCUT2D eigenvalue weighted by Gasteiger charge is 2.65. The molecule has 234 valence electrons. The molecule has 0 radical (unpaired) electrons. The zero-order valence-electron chi connectivity index (χ0n) is 26.5. The minimum absolute atomic E-state index is 0.0134. The van der Waals surface area contributed by atoms with Gasteiger partial charge in [0, 0.05) is 11.8 Å². The monoisotopic (exact) mass is 586 g/mol. The van der Waals surface area contributed by atoms with Crippen LogP contribution in [0.5, 0.6) is 0 Å². The standard InChI is InChI=1S/C34H50O8/c1-19(16-25(35)34(18-41-34)20(2)29(39)40)21-10-14-33(7)23-8-9-24-30(3,4)26(42-28(38)17-27(36)37)12-13-31(24,5)22(23)11-15-32(21,33)6/h19-21,24,26H,8-18H2,1-7H3,(H,36,37)(H,39,40)/t19-,20-,21-,24?,26-,31-,32-,33+,34+/m1/s1. The third kappa shape index (κ3) is 4.48. The molecule has 0 aromatic heterocycles. The lowest BCUT2D eigenvalue weighted by molar-refractivity contribution is -0.172. The molecule has 5 aliphatic rings. The summed E-state index contributed by atoms with van der Waals surface area (Å²) >= 11 is 0. The SMILES string of the molecule is C[C@H](CC(=O)[C@@]1([C@H](C)C(=O)O)CO1)[C@H]1CC[C@@]2(C)C3=C(CC[C@]12C)[C@@]1(C)CC[C@@H](OC(=O)CC(=O)O)C(C)(C)C1CC3. The molecule has 0 spiro atoms. The highest BCUT2D eigenvalue weighted by atomic mass is 16.6. The van der Waals surface area contributed by atoms with Crippen LogP contribution in [0.2, 0.25) is 0 Å². The Morgan fingerprint density at radius 2 is 1.60 bits per heavy atom. The van der Waals surface area contributed by atoms with Crippen LogP contribution in [0.1, 0.15) is 113 Å². The molecule has 8 heteroatoms. The number of carbonyl (C=O) groups excluding carboxylic acids is 2. The Balaban J connectivity index is 1.36. The van der Waals surface area contributed by atoms with Crippen molar-refractivity contribution >= 4 is 23.7 Å². The second-order valence-electron chi connectivity index (χ2n) is 15.6. The molecule has 1 aliphatic heterocycles. The summed E-state index contributed by atoms with van der Waals surface area (Å²) in [5.74, 6) is -2.82. The van der Waals surface area contributed by atoms with Crippen molar-refractivity contribution in [3.05, 3.63) is 11.1 Å². The molecular formula is C34H50O8.